The minimum absolute atomic E-state index is 0.0305. The van der Waals surface area contributed by atoms with Crippen LogP contribution in [0.3, 0.4) is 0 Å². The van der Waals surface area contributed by atoms with Crippen molar-refractivity contribution in [2.45, 2.75) is 33.2 Å². The molecule has 6 nitrogen and oxygen atoms in total. The minimum atomic E-state index is -0.0305. The Hall–Kier alpha value is -2.03. The maximum atomic E-state index is 12.7. The summed E-state index contributed by atoms with van der Waals surface area (Å²) >= 11 is 3.38. The molecule has 0 bridgehead atoms. The van der Waals surface area contributed by atoms with Crippen LogP contribution in [0.4, 0.5) is 10.5 Å². The first kappa shape index (κ1) is 19.3. The van der Waals surface area contributed by atoms with E-state index < -0.39 is 0 Å². The van der Waals surface area contributed by atoms with E-state index in [0.717, 1.165) is 64.3 Å². The molecule has 0 atom stereocenters. The molecule has 3 aromatic rings. The number of amides is 2. The van der Waals surface area contributed by atoms with Crippen molar-refractivity contribution in [2.24, 2.45) is 0 Å². The van der Waals surface area contributed by atoms with E-state index in [-0.39, 0.29) is 6.03 Å². The largest absolute Gasteiger partial charge is 0.322 e. The van der Waals surface area contributed by atoms with Crippen LogP contribution in [0.1, 0.15) is 35.5 Å². The molecule has 28 heavy (non-hydrogen) atoms. The smallest absolute Gasteiger partial charge is 0.321 e. The Morgan fingerprint density at radius 3 is 2.68 bits per heavy atom. The van der Waals surface area contributed by atoms with E-state index in [2.05, 4.69) is 39.4 Å². The maximum absolute atomic E-state index is 12.7. The van der Waals surface area contributed by atoms with E-state index in [1.54, 1.807) is 22.7 Å². The van der Waals surface area contributed by atoms with E-state index in [9.17, 15) is 4.79 Å². The van der Waals surface area contributed by atoms with Crippen LogP contribution in [-0.2, 0) is 6.54 Å². The van der Waals surface area contributed by atoms with Crippen molar-refractivity contribution in [3.05, 3.63) is 39.3 Å². The molecule has 4 rings (SSSR count). The number of rotatable bonds is 4. The number of benzene rings is 1. The van der Waals surface area contributed by atoms with Crippen molar-refractivity contribution in [1.82, 2.24) is 19.8 Å². The van der Waals surface area contributed by atoms with Crippen LogP contribution in [0, 0.1) is 6.92 Å². The van der Waals surface area contributed by atoms with Gasteiger partial charge in [0.15, 0.2) is 0 Å². The minimum Gasteiger partial charge on any atom is -0.322 e. The summed E-state index contributed by atoms with van der Waals surface area (Å²) in [5, 5.41) is 7.40. The molecule has 2 amide bonds. The van der Waals surface area contributed by atoms with Gasteiger partial charge in [-0.3, -0.25) is 4.90 Å². The van der Waals surface area contributed by atoms with Crippen LogP contribution in [-0.4, -0.2) is 52.0 Å². The molecule has 1 N–H and O–H groups in total. The molecular formula is C20H25N5OS2. The highest BCUT2D eigenvalue weighted by molar-refractivity contribution is 7.18. The van der Waals surface area contributed by atoms with E-state index in [1.165, 1.54) is 0 Å². The number of nitrogens with zero attached hydrogens (tertiary/aromatic N) is 4. The molecule has 0 unspecified atom stereocenters. The number of fused-ring (bicyclic) bond motifs is 1. The second kappa shape index (κ2) is 8.14. The molecule has 148 valence electrons. The normalized spacial score (nSPS) is 15.5. The SMILES string of the molecule is Cc1nc(CN2CCN(C(=O)Nc3ccc4nc(C(C)C)sc4c3)CC2)cs1. The number of piperazine rings is 1. The molecule has 1 aliphatic heterocycles. The second-order valence-electron chi connectivity index (χ2n) is 7.44. The van der Waals surface area contributed by atoms with Crippen LogP contribution in [0.25, 0.3) is 10.2 Å². The third-order valence-corrected chi connectivity index (χ3v) is 7.00. The van der Waals surface area contributed by atoms with Crippen LogP contribution in [0.5, 0.6) is 0 Å². The summed E-state index contributed by atoms with van der Waals surface area (Å²) in [4.78, 5) is 26.1. The van der Waals surface area contributed by atoms with Gasteiger partial charge in [-0.05, 0) is 25.1 Å². The van der Waals surface area contributed by atoms with Gasteiger partial charge in [0, 0.05) is 49.7 Å². The van der Waals surface area contributed by atoms with Gasteiger partial charge in [-0.15, -0.1) is 22.7 Å². The predicted octanol–water partition coefficient (Wildman–Crippen LogP) is 4.53. The molecule has 2 aromatic heterocycles. The van der Waals surface area contributed by atoms with Crippen LogP contribution < -0.4 is 5.32 Å². The van der Waals surface area contributed by atoms with Crippen LogP contribution >= 0.6 is 22.7 Å². The van der Waals surface area contributed by atoms with Gasteiger partial charge in [0.2, 0.25) is 0 Å². The molecule has 8 heteroatoms. The molecular weight excluding hydrogens is 390 g/mol. The molecule has 0 radical (unpaired) electrons. The highest BCUT2D eigenvalue weighted by Gasteiger charge is 2.22. The van der Waals surface area contributed by atoms with E-state index >= 15 is 0 Å². The lowest BCUT2D eigenvalue weighted by molar-refractivity contribution is 0.142. The summed E-state index contributed by atoms with van der Waals surface area (Å²) in [5.74, 6) is 0.417. The Bertz CT molecular complexity index is 972. The summed E-state index contributed by atoms with van der Waals surface area (Å²) in [6.07, 6.45) is 0. The number of urea groups is 1. The number of hydrogen-bond donors (Lipinski definition) is 1. The number of carbonyl (C=O) groups excluding carboxylic acids is 1. The van der Waals surface area contributed by atoms with Gasteiger partial charge in [-0.1, -0.05) is 13.8 Å². The zero-order chi connectivity index (χ0) is 19.7. The number of anilines is 1. The fourth-order valence-corrected chi connectivity index (χ4v) is 4.90. The number of hydrogen-bond acceptors (Lipinski definition) is 6. The first-order valence-corrected chi connectivity index (χ1v) is 11.3. The fraction of sp³-hybridized carbons (Fsp3) is 0.450. The summed E-state index contributed by atoms with van der Waals surface area (Å²) in [7, 11) is 0. The van der Waals surface area contributed by atoms with Gasteiger partial charge in [0.05, 0.1) is 25.9 Å². The maximum Gasteiger partial charge on any atom is 0.321 e. The lowest BCUT2D eigenvalue weighted by Gasteiger charge is -2.34. The summed E-state index contributed by atoms with van der Waals surface area (Å²) < 4.78 is 1.12. The Kier molecular flexibility index (Phi) is 5.61. The first-order valence-electron chi connectivity index (χ1n) is 9.58. The fourth-order valence-electron chi connectivity index (χ4n) is 3.29. The highest BCUT2D eigenvalue weighted by atomic mass is 32.1. The number of aromatic nitrogens is 2. The monoisotopic (exact) mass is 415 g/mol. The van der Waals surface area contributed by atoms with E-state index in [1.807, 2.05) is 30.0 Å². The Labute approximate surface area is 173 Å². The molecule has 0 spiro atoms. The van der Waals surface area contributed by atoms with Crippen molar-refractivity contribution < 1.29 is 4.79 Å². The Morgan fingerprint density at radius 1 is 1.21 bits per heavy atom. The molecule has 1 aromatic carbocycles. The first-order chi connectivity index (χ1) is 13.5. The Balaban J connectivity index is 1.33. The number of thiazole rings is 2. The standard InChI is InChI=1S/C20H25N5OS2/c1-13(2)19-23-17-5-4-15(10-18(17)28-19)22-20(26)25-8-6-24(7-9-25)11-16-12-27-14(3)21-16/h4-5,10,12-13H,6-9,11H2,1-3H3,(H,22,26). The van der Waals surface area contributed by atoms with Gasteiger partial charge in [-0.25, -0.2) is 14.8 Å². The lowest BCUT2D eigenvalue weighted by atomic mass is 10.2. The quantitative estimate of drug-likeness (QED) is 0.680. The second-order valence-corrected chi connectivity index (χ2v) is 9.56. The molecule has 3 heterocycles. The third-order valence-electron chi connectivity index (χ3n) is 4.86. The van der Waals surface area contributed by atoms with Gasteiger partial charge >= 0.3 is 6.03 Å². The zero-order valence-corrected chi connectivity index (χ0v) is 18.1. The topological polar surface area (TPSA) is 61.4 Å². The highest BCUT2D eigenvalue weighted by Crippen LogP contribution is 2.29. The summed E-state index contributed by atoms with van der Waals surface area (Å²) in [6, 6.07) is 5.92. The van der Waals surface area contributed by atoms with Gasteiger partial charge in [-0.2, -0.15) is 0 Å². The van der Waals surface area contributed by atoms with Crippen LogP contribution in [0.15, 0.2) is 23.6 Å². The predicted molar refractivity (Wildman–Crippen MR) is 116 cm³/mol. The molecule has 1 aliphatic rings. The van der Waals surface area contributed by atoms with E-state index in [4.69, 9.17) is 0 Å². The van der Waals surface area contributed by atoms with Gasteiger partial charge < -0.3 is 10.2 Å². The molecule has 0 aliphatic carbocycles. The third kappa shape index (κ3) is 4.34. The van der Waals surface area contributed by atoms with Crippen molar-refractivity contribution in [3.63, 3.8) is 0 Å². The van der Waals surface area contributed by atoms with Crippen molar-refractivity contribution >= 4 is 44.6 Å². The van der Waals surface area contributed by atoms with Crippen molar-refractivity contribution in [3.8, 4) is 0 Å². The molecule has 1 saturated heterocycles. The summed E-state index contributed by atoms with van der Waals surface area (Å²) in [6.45, 7) is 10.4. The summed E-state index contributed by atoms with van der Waals surface area (Å²) in [5.41, 5.74) is 2.95. The van der Waals surface area contributed by atoms with Gasteiger partial charge in [0.1, 0.15) is 0 Å². The number of nitrogens with one attached hydrogen (secondary N) is 1. The number of aryl methyl sites for hydroxylation is 1. The van der Waals surface area contributed by atoms with Crippen LogP contribution in [0.2, 0.25) is 0 Å². The zero-order valence-electron chi connectivity index (χ0n) is 16.4. The number of carbonyl (C=O) groups is 1. The van der Waals surface area contributed by atoms with Crippen molar-refractivity contribution in [2.75, 3.05) is 31.5 Å². The Morgan fingerprint density at radius 2 is 2.00 bits per heavy atom. The van der Waals surface area contributed by atoms with Gasteiger partial charge in [0.25, 0.3) is 0 Å². The van der Waals surface area contributed by atoms with E-state index in [0.29, 0.717) is 5.92 Å². The average molecular weight is 416 g/mol. The lowest BCUT2D eigenvalue weighted by Crippen LogP contribution is -2.49. The molecule has 1 fully saturated rings. The molecule has 0 saturated carbocycles. The van der Waals surface area contributed by atoms with Crippen molar-refractivity contribution in [1.29, 1.82) is 0 Å². The average Bonchev–Trinajstić information content (AvgIpc) is 3.28.